The minimum Gasteiger partial charge on any atom is -0.548 e. The van der Waals surface area contributed by atoms with Crippen molar-refractivity contribution in [2.45, 2.75) is 26.4 Å². The fourth-order valence-corrected chi connectivity index (χ4v) is 1.99. The molecule has 0 saturated carbocycles. The van der Waals surface area contributed by atoms with Crippen LogP contribution < -0.4 is 10.8 Å². The van der Waals surface area contributed by atoms with Crippen LogP contribution in [-0.2, 0) is 17.9 Å². The topological polar surface area (TPSA) is 67.1 Å². The number of hydrogen-bond donors (Lipinski definition) is 0. The van der Waals surface area contributed by atoms with Gasteiger partial charge in [-0.1, -0.05) is 19.1 Å². The lowest BCUT2D eigenvalue weighted by Crippen LogP contribution is -2.33. The van der Waals surface area contributed by atoms with Crippen molar-refractivity contribution in [2.75, 3.05) is 0 Å². The maximum absolute atomic E-state index is 12.0. The molecule has 0 amide bonds. The van der Waals surface area contributed by atoms with Gasteiger partial charge in [-0.3, -0.25) is 9.13 Å². The number of carbonyl (C=O) groups excluding carboxylic acids is 1. The van der Waals surface area contributed by atoms with Crippen LogP contribution in [0.3, 0.4) is 0 Å². The summed E-state index contributed by atoms with van der Waals surface area (Å²) in [7, 11) is 0. The molecule has 0 aliphatic rings. The van der Waals surface area contributed by atoms with Gasteiger partial charge in [0.1, 0.15) is 0 Å². The summed E-state index contributed by atoms with van der Waals surface area (Å²) >= 11 is 0. The molecule has 0 bridgehead atoms. The summed E-state index contributed by atoms with van der Waals surface area (Å²) in [5, 5.41) is 10.7. The van der Waals surface area contributed by atoms with Crippen LogP contribution in [0.25, 0.3) is 11.0 Å². The molecule has 17 heavy (non-hydrogen) atoms. The van der Waals surface area contributed by atoms with Crippen LogP contribution >= 0.6 is 0 Å². The van der Waals surface area contributed by atoms with Crippen molar-refractivity contribution in [2.24, 2.45) is 0 Å². The third kappa shape index (κ3) is 1.95. The van der Waals surface area contributed by atoms with Gasteiger partial charge in [0.15, 0.2) is 0 Å². The van der Waals surface area contributed by atoms with Crippen LogP contribution in [0.15, 0.2) is 29.1 Å². The number of fused-ring (bicyclic) bond motifs is 1. The summed E-state index contributed by atoms with van der Waals surface area (Å²) in [5.41, 5.74) is 1.10. The number of carboxylic acids is 1. The number of rotatable bonds is 4. The Labute approximate surface area is 97.9 Å². The molecule has 0 fully saturated rings. The van der Waals surface area contributed by atoms with Crippen molar-refractivity contribution in [3.05, 3.63) is 34.7 Å². The van der Waals surface area contributed by atoms with E-state index in [0.717, 1.165) is 11.9 Å². The molecule has 0 aliphatic heterocycles. The number of hydrogen-bond acceptors (Lipinski definition) is 3. The summed E-state index contributed by atoms with van der Waals surface area (Å²) < 4.78 is 2.83. The van der Waals surface area contributed by atoms with E-state index < -0.39 is 12.5 Å². The van der Waals surface area contributed by atoms with E-state index in [1.54, 1.807) is 16.7 Å². The molecule has 0 aliphatic carbocycles. The second kappa shape index (κ2) is 4.45. The molecule has 2 aromatic rings. The SMILES string of the molecule is CCCn1c(=O)n(CC(=O)[O-])c2ccccc21. The summed E-state index contributed by atoms with van der Waals surface area (Å²) in [6, 6.07) is 7.17. The predicted molar refractivity (Wildman–Crippen MR) is 61.5 cm³/mol. The quantitative estimate of drug-likeness (QED) is 0.744. The van der Waals surface area contributed by atoms with Gasteiger partial charge in [0.25, 0.3) is 0 Å². The summed E-state index contributed by atoms with van der Waals surface area (Å²) in [6.45, 7) is 2.15. The van der Waals surface area contributed by atoms with Crippen LogP contribution in [-0.4, -0.2) is 15.1 Å². The van der Waals surface area contributed by atoms with Gasteiger partial charge in [0.2, 0.25) is 0 Å². The third-order valence-corrected chi connectivity index (χ3v) is 2.66. The van der Waals surface area contributed by atoms with Crippen molar-refractivity contribution >= 4 is 17.0 Å². The van der Waals surface area contributed by atoms with E-state index in [9.17, 15) is 14.7 Å². The fraction of sp³-hybridized carbons (Fsp3) is 0.333. The minimum absolute atomic E-state index is 0.294. The van der Waals surface area contributed by atoms with Crippen molar-refractivity contribution in [1.29, 1.82) is 0 Å². The number of aromatic nitrogens is 2. The second-order valence-corrected chi connectivity index (χ2v) is 3.88. The van der Waals surface area contributed by atoms with E-state index in [2.05, 4.69) is 0 Å². The first-order chi connectivity index (χ1) is 8.15. The highest BCUT2D eigenvalue weighted by Crippen LogP contribution is 2.12. The lowest BCUT2D eigenvalue weighted by Gasteiger charge is -2.02. The Kier molecular flexibility index (Phi) is 2.99. The number of carbonyl (C=O) groups is 1. The first-order valence-corrected chi connectivity index (χ1v) is 5.53. The van der Waals surface area contributed by atoms with Gasteiger partial charge >= 0.3 is 5.69 Å². The molecule has 0 N–H and O–H groups in total. The van der Waals surface area contributed by atoms with E-state index in [-0.39, 0.29) is 5.69 Å². The van der Waals surface area contributed by atoms with Gasteiger partial charge in [-0.2, -0.15) is 0 Å². The average molecular weight is 233 g/mol. The number of aryl methyl sites for hydroxylation is 1. The molecule has 1 aromatic heterocycles. The Morgan fingerprint density at radius 1 is 1.24 bits per heavy atom. The average Bonchev–Trinajstić information content (AvgIpc) is 2.55. The summed E-state index contributed by atoms with van der Waals surface area (Å²) in [4.78, 5) is 22.7. The number of aliphatic carboxylic acids is 1. The van der Waals surface area contributed by atoms with Crippen LogP contribution in [0, 0.1) is 0 Å². The monoisotopic (exact) mass is 233 g/mol. The highest BCUT2D eigenvalue weighted by Gasteiger charge is 2.11. The van der Waals surface area contributed by atoms with Crippen molar-refractivity contribution in [1.82, 2.24) is 9.13 Å². The van der Waals surface area contributed by atoms with Gasteiger partial charge < -0.3 is 9.90 Å². The number of nitrogens with zero attached hydrogens (tertiary/aromatic N) is 2. The zero-order chi connectivity index (χ0) is 12.4. The minimum atomic E-state index is -1.26. The highest BCUT2D eigenvalue weighted by molar-refractivity contribution is 5.77. The standard InChI is InChI=1S/C12H14N2O3/c1-2-7-13-9-5-3-4-6-10(9)14(12(13)17)8-11(15)16/h3-6H,2,7-8H2,1H3,(H,15,16)/p-1. The van der Waals surface area contributed by atoms with Crippen LogP contribution in [0.2, 0.25) is 0 Å². The van der Waals surface area contributed by atoms with Gasteiger partial charge in [-0.25, -0.2) is 4.79 Å². The van der Waals surface area contributed by atoms with E-state index in [1.807, 2.05) is 19.1 Å². The zero-order valence-corrected chi connectivity index (χ0v) is 9.55. The molecule has 5 heteroatoms. The fourth-order valence-electron chi connectivity index (χ4n) is 1.99. The van der Waals surface area contributed by atoms with Crippen molar-refractivity contribution in [3.63, 3.8) is 0 Å². The molecule has 0 saturated heterocycles. The van der Waals surface area contributed by atoms with E-state index in [0.29, 0.717) is 12.1 Å². The Balaban J connectivity index is 2.70. The maximum atomic E-state index is 12.0. The molecule has 5 nitrogen and oxygen atoms in total. The Bertz CT molecular complexity index is 610. The molecule has 0 unspecified atom stereocenters. The summed E-state index contributed by atoms with van der Waals surface area (Å²) in [5.74, 6) is -1.26. The molecule has 1 heterocycles. The Morgan fingerprint density at radius 2 is 1.82 bits per heavy atom. The molecule has 90 valence electrons. The lowest BCUT2D eigenvalue weighted by molar-refractivity contribution is -0.306. The van der Waals surface area contributed by atoms with Crippen LogP contribution in [0.5, 0.6) is 0 Å². The van der Waals surface area contributed by atoms with Gasteiger partial charge in [-0.15, -0.1) is 0 Å². The number of imidazole rings is 1. The predicted octanol–water partition coefficient (Wildman–Crippen LogP) is -0.0371. The smallest absolute Gasteiger partial charge is 0.329 e. The van der Waals surface area contributed by atoms with E-state index in [4.69, 9.17) is 0 Å². The van der Waals surface area contributed by atoms with Gasteiger partial charge in [-0.05, 0) is 18.6 Å². The van der Waals surface area contributed by atoms with E-state index in [1.165, 1.54) is 4.57 Å². The lowest BCUT2D eigenvalue weighted by atomic mass is 10.3. The van der Waals surface area contributed by atoms with Crippen molar-refractivity contribution < 1.29 is 9.90 Å². The molecule has 0 radical (unpaired) electrons. The molecular weight excluding hydrogens is 220 g/mol. The number of carboxylic acid groups (broad SMARTS) is 1. The molecule has 1 aromatic carbocycles. The van der Waals surface area contributed by atoms with Crippen molar-refractivity contribution in [3.8, 4) is 0 Å². The van der Waals surface area contributed by atoms with Crippen LogP contribution in [0.4, 0.5) is 0 Å². The molecule has 0 atom stereocenters. The first kappa shape index (κ1) is 11.4. The molecule has 2 rings (SSSR count). The Hall–Kier alpha value is -2.04. The maximum Gasteiger partial charge on any atom is 0.329 e. The zero-order valence-electron chi connectivity index (χ0n) is 9.55. The van der Waals surface area contributed by atoms with Gasteiger partial charge in [0.05, 0.1) is 23.5 Å². The Morgan fingerprint density at radius 3 is 2.35 bits per heavy atom. The normalized spacial score (nSPS) is 10.9. The number of benzene rings is 1. The first-order valence-electron chi connectivity index (χ1n) is 5.53. The largest absolute Gasteiger partial charge is 0.548 e. The van der Waals surface area contributed by atoms with E-state index >= 15 is 0 Å². The van der Waals surface area contributed by atoms with Gasteiger partial charge in [0, 0.05) is 6.54 Å². The molecule has 0 spiro atoms. The number of para-hydroxylation sites is 2. The third-order valence-electron chi connectivity index (χ3n) is 2.66. The van der Waals surface area contributed by atoms with Crippen LogP contribution in [0.1, 0.15) is 13.3 Å². The molecular formula is C12H13N2O3-. The second-order valence-electron chi connectivity index (χ2n) is 3.88. The summed E-state index contributed by atoms with van der Waals surface area (Å²) in [6.07, 6.45) is 0.819. The highest BCUT2D eigenvalue weighted by atomic mass is 16.4.